The third kappa shape index (κ3) is 4.40. The summed E-state index contributed by atoms with van der Waals surface area (Å²) in [6, 6.07) is 11.2. The smallest absolute Gasteiger partial charge is 0.413 e. The van der Waals surface area contributed by atoms with E-state index in [-0.39, 0.29) is 0 Å². The second-order valence-electron chi connectivity index (χ2n) is 6.04. The Bertz CT molecular complexity index is 943. The van der Waals surface area contributed by atoms with Gasteiger partial charge in [0.2, 0.25) is 0 Å². The molecule has 144 valence electrons. The topological polar surface area (TPSA) is 77.3 Å². The average Bonchev–Trinajstić information content (AvgIpc) is 3.24. The van der Waals surface area contributed by atoms with E-state index in [1.807, 2.05) is 0 Å². The fourth-order valence-corrected chi connectivity index (χ4v) is 2.82. The average molecular weight is 382 g/mol. The predicted octanol–water partition coefficient (Wildman–Crippen LogP) is 3.56. The van der Waals surface area contributed by atoms with E-state index < -0.39 is 11.9 Å². The highest BCUT2D eigenvalue weighted by atomic mass is 19.1. The minimum absolute atomic E-state index is 0.333. The highest BCUT2D eigenvalue weighted by molar-refractivity contribution is 5.88. The Morgan fingerprint density at radius 1 is 1.25 bits per heavy atom. The second-order valence-corrected chi connectivity index (χ2v) is 6.04. The van der Waals surface area contributed by atoms with Crippen molar-refractivity contribution in [2.24, 2.45) is 0 Å². The van der Waals surface area contributed by atoms with Crippen LogP contribution in [0.25, 0.3) is 11.1 Å². The molecule has 1 aromatic heterocycles. The van der Waals surface area contributed by atoms with Crippen molar-refractivity contribution in [1.82, 2.24) is 14.8 Å². The molecular formula is C20H19FN4O3. The van der Waals surface area contributed by atoms with Crippen molar-refractivity contribution in [2.75, 3.05) is 18.6 Å². The lowest BCUT2D eigenvalue weighted by atomic mass is 10.0. The maximum atomic E-state index is 14.7. The number of hydrogen-bond acceptors (Lipinski definition) is 5. The maximum absolute atomic E-state index is 14.7. The molecule has 3 aromatic rings. The van der Waals surface area contributed by atoms with Crippen molar-refractivity contribution >= 4 is 18.1 Å². The number of halogens is 1. The number of hydrogen-bond donors (Lipinski definition) is 0. The molecule has 8 heteroatoms. The molecule has 0 N–H and O–H groups in total. The van der Waals surface area contributed by atoms with Gasteiger partial charge in [0.1, 0.15) is 24.8 Å². The van der Waals surface area contributed by atoms with Gasteiger partial charge < -0.3 is 4.74 Å². The molecule has 7 nitrogen and oxygen atoms in total. The first kappa shape index (κ1) is 19.2. The summed E-state index contributed by atoms with van der Waals surface area (Å²) in [4.78, 5) is 28.2. The van der Waals surface area contributed by atoms with Gasteiger partial charge in [-0.2, -0.15) is 5.10 Å². The van der Waals surface area contributed by atoms with Crippen LogP contribution in [0.2, 0.25) is 0 Å². The first-order valence-electron chi connectivity index (χ1n) is 8.65. The molecule has 0 radical (unpaired) electrons. The number of nitrogens with zero attached hydrogens (tertiary/aromatic N) is 4. The van der Waals surface area contributed by atoms with Gasteiger partial charge in [0.25, 0.3) is 0 Å². The van der Waals surface area contributed by atoms with Crippen LogP contribution in [-0.4, -0.2) is 40.8 Å². The summed E-state index contributed by atoms with van der Waals surface area (Å²) in [6.07, 6.45) is 3.79. The van der Waals surface area contributed by atoms with Crippen molar-refractivity contribution in [1.29, 1.82) is 0 Å². The maximum Gasteiger partial charge on any atom is 0.413 e. The van der Waals surface area contributed by atoms with E-state index in [2.05, 4.69) is 10.1 Å². The van der Waals surface area contributed by atoms with Gasteiger partial charge >= 0.3 is 6.09 Å². The first-order valence-corrected chi connectivity index (χ1v) is 8.65. The number of carbonyl (C=O) groups is 2. The minimum Gasteiger partial charge on any atom is -0.452 e. The van der Waals surface area contributed by atoms with Gasteiger partial charge in [0, 0.05) is 29.9 Å². The van der Waals surface area contributed by atoms with Crippen LogP contribution in [-0.2, 0) is 11.3 Å². The number of amides is 1. The van der Waals surface area contributed by atoms with E-state index in [9.17, 15) is 14.0 Å². The second kappa shape index (κ2) is 8.90. The van der Waals surface area contributed by atoms with Crippen LogP contribution in [0, 0.1) is 5.82 Å². The first-order chi connectivity index (χ1) is 13.6. The van der Waals surface area contributed by atoms with E-state index in [0.29, 0.717) is 41.9 Å². The Morgan fingerprint density at radius 3 is 2.64 bits per heavy atom. The molecule has 0 aliphatic carbocycles. The quantitative estimate of drug-likeness (QED) is 0.584. The van der Waals surface area contributed by atoms with Crippen LogP contribution in [0.5, 0.6) is 0 Å². The van der Waals surface area contributed by atoms with Crippen molar-refractivity contribution in [3.8, 4) is 11.1 Å². The van der Waals surface area contributed by atoms with E-state index in [1.54, 1.807) is 47.4 Å². The van der Waals surface area contributed by atoms with Gasteiger partial charge in [-0.1, -0.05) is 24.3 Å². The van der Waals surface area contributed by atoms with Crippen LogP contribution >= 0.6 is 0 Å². The molecule has 3 rings (SSSR count). The predicted molar refractivity (Wildman–Crippen MR) is 102 cm³/mol. The van der Waals surface area contributed by atoms with Crippen LogP contribution < -0.4 is 4.90 Å². The minimum atomic E-state index is -0.568. The summed E-state index contributed by atoms with van der Waals surface area (Å²) >= 11 is 0. The number of ether oxygens (including phenoxy) is 1. The Kier molecular flexibility index (Phi) is 6.11. The summed E-state index contributed by atoms with van der Waals surface area (Å²) in [6.45, 7) is 0.899. The van der Waals surface area contributed by atoms with Crippen LogP contribution in [0.3, 0.4) is 0 Å². The third-order valence-corrected chi connectivity index (χ3v) is 4.25. The standard InChI is InChI=1S/C20H19FN4O3/c1-28-20(27)25(10-2-9-24-14-22-13-23-24)17-7-8-18(19(21)11-17)16-5-3-15(12-26)4-6-16/h3-8,11-14H,2,9-10H2,1H3. The Balaban J connectivity index is 1.78. The zero-order chi connectivity index (χ0) is 19.9. The molecule has 0 saturated heterocycles. The molecular weight excluding hydrogens is 363 g/mol. The molecule has 0 aliphatic heterocycles. The van der Waals surface area contributed by atoms with Crippen LogP contribution in [0.4, 0.5) is 14.9 Å². The van der Waals surface area contributed by atoms with E-state index in [0.717, 1.165) is 6.29 Å². The largest absolute Gasteiger partial charge is 0.452 e. The molecule has 0 aliphatic rings. The number of aldehydes is 1. The zero-order valence-corrected chi connectivity index (χ0v) is 15.3. The molecule has 0 fully saturated rings. The molecule has 28 heavy (non-hydrogen) atoms. The number of aromatic nitrogens is 3. The Labute approximate surface area is 161 Å². The van der Waals surface area contributed by atoms with Crippen molar-refractivity contribution in [3.63, 3.8) is 0 Å². The number of aryl methyl sites for hydroxylation is 1. The molecule has 1 heterocycles. The third-order valence-electron chi connectivity index (χ3n) is 4.25. The molecule has 0 atom stereocenters. The lowest BCUT2D eigenvalue weighted by molar-refractivity contribution is 0.112. The normalized spacial score (nSPS) is 10.5. The molecule has 1 amide bonds. The SMILES string of the molecule is COC(=O)N(CCCn1cncn1)c1ccc(-c2ccc(C=O)cc2)c(F)c1. The highest BCUT2D eigenvalue weighted by Crippen LogP contribution is 2.27. The van der Waals surface area contributed by atoms with E-state index in [4.69, 9.17) is 4.74 Å². The number of benzene rings is 2. The number of rotatable bonds is 7. The monoisotopic (exact) mass is 382 g/mol. The van der Waals surface area contributed by atoms with Gasteiger partial charge in [0.05, 0.1) is 7.11 Å². The molecule has 0 saturated carbocycles. The lowest BCUT2D eigenvalue weighted by Crippen LogP contribution is -2.32. The van der Waals surface area contributed by atoms with Crippen LogP contribution in [0.1, 0.15) is 16.8 Å². The van der Waals surface area contributed by atoms with Crippen LogP contribution in [0.15, 0.2) is 55.1 Å². The number of carbonyl (C=O) groups excluding carboxylic acids is 2. The van der Waals surface area contributed by atoms with Crippen molar-refractivity contribution in [2.45, 2.75) is 13.0 Å². The fourth-order valence-electron chi connectivity index (χ4n) is 2.82. The lowest BCUT2D eigenvalue weighted by Gasteiger charge is -2.22. The number of anilines is 1. The summed E-state index contributed by atoms with van der Waals surface area (Å²) in [5.41, 5.74) is 1.94. The Morgan fingerprint density at radius 2 is 2.04 bits per heavy atom. The molecule has 0 spiro atoms. The van der Waals surface area contributed by atoms with Gasteiger partial charge in [-0.3, -0.25) is 14.4 Å². The van der Waals surface area contributed by atoms with Gasteiger partial charge in [-0.05, 0) is 30.2 Å². The molecule has 0 bridgehead atoms. The zero-order valence-electron chi connectivity index (χ0n) is 15.3. The summed E-state index contributed by atoms with van der Waals surface area (Å²) in [7, 11) is 1.28. The van der Waals surface area contributed by atoms with Gasteiger partial charge in [-0.25, -0.2) is 14.2 Å². The summed E-state index contributed by atoms with van der Waals surface area (Å²) in [5.74, 6) is -0.471. The summed E-state index contributed by atoms with van der Waals surface area (Å²) < 4.78 is 21.2. The Hall–Kier alpha value is -3.55. The number of methoxy groups -OCH3 is 1. The van der Waals surface area contributed by atoms with Gasteiger partial charge in [0.15, 0.2) is 0 Å². The van der Waals surface area contributed by atoms with Crippen molar-refractivity contribution < 1.29 is 18.7 Å². The van der Waals surface area contributed by atoms with E-state index in [1.165, 1.54) is 24.4 Å². The molecule has 0 unspecified atom stereocenters. The summed E-state index contributed by atoms with van der Waals surface area (Å²) in [5, 5.41) is 4.01. The molecule has 2 aromatic carbocycles. The van der Waals surface area contributed by atoms with Gasteiger partial charge in [-0.15, -0.1) is 0 Å². The van der Waals surface area contributed by atoms with E-state index >= 15 is 0 Å². The fraction of sp³-hybridized carbons (Fsp3) is 0.200. The van der Waals surface area contributed by atoms with Crippen molar-refractivity contribution in [3.05, 3.63) is 66.5 Å². The highest BCUT2D eigenvalue weighted by Gasteiger charge is 2.18.